The smallest absolute Gasteiger partial charge is 0.0931 e. The van der Waals surface area contributed by atoms with Crippen LogP contribution in [0.1, 0.15) is 22.2 Å². The summed E-state index contributed by atoms with van der Waals surface area (Å²) in [6, 6.07) is 10.3. The molecule has 2 aromatic heterocycles. The molecule has 0 radical (unpaired) electrons. The first kappa shape index (κ1) is 15.2. The van der Waals surface area contributed by atoms with Crippen LogP contribution in [-0.4, -0.2) is 11.5 Å². The summed E-state index contributed by atoms with van der Waals surface area (Å²) < 4.78 is 0.827. The number of fused-ring (bicyclic) bond motifs is 3. The van der Waals surface area contributed by atoms with Gasteiger partial charge in [-0.2, -0.15) is 0 Å². The van der Waals surface area contributed by atoms with E-state index in [4.69, 9.17) is 23.2 Å². The molecule has 0 saturated heterocycles. The van der Waals surface area contributed by atoms with Crippen LogP contribution in [0.15, 0.2) is 30.3 Å². The predicted octanol–water partition coefficient (Wildman–Crippen LogP) is 5.19. The van der Waals surface area contributed by atoms with Gasteiger partial charge in [0.15, 0.2) is 0 Å². The van der Waals surface area contributed by atoms with Gasteiger partial charge in [0.2, 0.25) is 0 Å². The fourth-order valence-electron chi connectivity index (χ4n) is 2.93. The van der Waals surface area contributed by atoms with E-state index in [0.29, 0.717) is 0 Å². The fourth-order valence-corrected chi connectivity index (χ4v) is 4.25. The quantitative estimate of drug-likeness (QED) is 0.614. The van der Waals surface area contributed by atoms with Gasteiger partial charge in [-0.25, -0.2) is 0 Å². The molecule has 1 aliphatic rings. The molecule has 21 heavy (non-hydrogen) atoms. The second kappa shape index (κ2) is 5.82. The maximum atomic E-state index is 6.13. The molecule has 1 aliphatic heterocycles. The lowest BCUT2D eigenvalue weighted by molar-refractivity contribution is 0.567. The average molecular weight is 360 g/mol. The van der Waals surface area contributed by atoms with Gasteiger partial charge < -0.3 is 10.3 Å². The average Bonchev–Trinajstić information content (AvgIpc) is 3.02. The van der Waals surface area contributed by atoms with E-state index in [2.05, 4.69) is 28.5 Å². The van der Waals surface area contributed by atoms with Crippen LogP contribution in [0.2, 0.25) is 9.36 Å². The number of hydrogen-bond donors (Lipinski definition) is 2. The molecule has 3 heterocycles. The number of thiophene rings is 1. The normalized spacial score (nSPS) is 17.5. The van der Waals surface area contributed by atoms with E-state index in [0.717, 1.165) is 27.8 Å². The Kier molecular flexibility index (Phi) is 4.21. The molecule has 0 bridgehead atoms. The van der Waals surface area contributed by atoms with Gasteiger partial charge in [-0.05, 0) is 42.3 Å². The highest BCUT2D eigenvalue weighted by Gasteiger charge is 2.26. The van der Waals surface area contributed by atoms with Crippen molar-refractivity contribution in [2.75, 3.05) is 6.54 Å². The number of aromatic amines is 1. The van der Waals surface area contributed by atoms with E-state index in [1.165, 1.54) is 21.5 Å². The van der Waals surface area contributed by atoms with Crippen molar-refractivity contribution in [1.82, 2.24) is 10.3 Å². The first-order chi connectivity index (χ1) is 9.72. The summed E-state index contributed by atoms with van der Waals surface area (Å²) in [5, 5.41) is 5.59. The van der Waals surface area contributed by atoms with Gasteiger partial charge >= 0.3 is 0 Å². The van der Waals surface area contributed by atoms with Crippen LogP contribution < -0.4 is 5.32 Å². The third kappa shape index (κ3) is 2.58. The first-order valence-corrected chi connectivity index (χ1v) is 8.08. The van der Waals surface area contributed by atoms with E-state index in [9.17, 15) is 0 Å². The van der Waals surface area contributed by atoms with Crippen molar-refractivity contribution in [3.8, 4) is 0 Å². The molecule has 2 N–H and O–H groups in total. The molecule has 6 heteroatoms. The third-order valence-electron chi connectivity index (χ3n) is 3.79. The molecular weight excluding hydrogens is 347 g/mol. The van der Waals surface area contributed by atoms with E-state index < -0.39 is 0 Å². The van der Waals surface area contributed by atoms with E-state index in [-0.39, 0.29) is 18.4 Å². The number of H-pyrrole nitrogens is 1. The molecular formula is C15H13Cl3N2S. The second-order valence-corrected chi connectivity index (χ2v) is 7.17. The monoisotopic (exact) mass is 358 g/mol. The van der Waals surface area contributed by atoms with Gasteiger partial charge in [0, 0.05) is 33.0 Å². The van der Waals surface area contributed by atoms with Crippen molar-refractivity contribution < 1.29 is 0 Å². The maximum absolute atomic E-state index is 6.13. The van der Waals surface area contributed by atoms with Gasteiger partial charge in [0.05, 0.1) is 10.4 Å². The summed E-state index contributed by atoms with van der Waals surface area (Å²) in [4.78, 5) is 4.79. The molecule has 1 atom stereocenters. The zero-order valence-electron chi connectivity index (χ0n) is 11.0. The summed E-state index contributed by atoms with van der Waals surface area (Å²) in [7, 11) is 0. The van der Waals surface area contributed by atoms with Crippen LogP contribution >= 0.6 is 46.9 Å². The zero-order chi connectivity index (χ0) is 13.7. The van der Waals surface area contributed by atoms with E-state index >= 15 is 0 Å². The number of hydrogen-bond acceptors (Lipinski definition) is 2. The van der Waals surface area contributed by atoms with E-state index in [1.807, 2.05) is 12.1 Å². The maximum Gasteiger partial charge on any atom is 0.0931 e. The fraction of sp³-hybridized carbons (Fsp3) is 0.200. The first-order valence-electron chi connectivity index (χ1n) is 6.51. The molecule has 1 unspecified atom stereocenters. The molecule has 0 aliphatic carbocycles. The van der Waals surface area contributed by atoms with Crippen molar-refractivity contribution >= 4 is 57.8 Å². The predicted molar refractivity (Wildman–Crippen MR) is 93.4 cm³/mol. The lowest BCUT2D eigenvalue weighted by Crippen LogP contribution is -2.29. The molecule has 4 rings (SSSR count). The van der Waals surface area contributed by atoms with Crippen LogP contribution in [0, 0.1) is 0 Å². The number of aromatic nitrogens is 1. The highest BCUT2D eigenvalue weighted by atomic mass is 35.5. The van der Waals surface area contributed by atoms with E-state index in [1.54, 1.807) is 11.3 Å². The Morgan fingerprint density at radius 1 is 1.14 bits per heavy atom. The number of benzene rings is 1. The second-order valence-electron chi connectivity index (χ2n) is 4.99. The Bertz CT molecular complexity index is 793. The topological polar surface area (TPSA) is 27.8 Å². The Balaban J connectivity index is 0.00000132. The van der Waals surface area contributed by atoms with Crippen molar-refractivity contribution in [1.29, 1.82) is 0 Å². The molecule has 1 aromatic carbocycles. The Morgan fingerprint density at radius 3 is 2.76 bits per heavy atom. The number of halogens is 3. The highest BCUT2D eigenvalue weighted by molar-refractivity contribution is 7.16. The summed E-state index contributed by atoms with van der Waals surface area (Å²) in [5.74, 6) is 0. The minimum absolute atomic E-state index is 0. The molecule has 3 aromatic rings. The Labute approximate surface area is 142 Å². The van der Waals surface area contributed by atoms with Gasteiger partial charge in [0.25, 0.3) is 0 Å². The lowest BCUT2D eigenvalue weighted by atomic mass is 9.98. The van der Waals surface area contributed by atoms with Crippen molar-refractivity contribution in [2.24, 2.45) is 0 Å². The van der Waals surface area contributed by atoms with Crippen molar-refractivity contribution in [2.45, 2.75) is 12.5 Å². The molecule has 0 fully saturated rings. The standard InChI is InChI=1S/C15H12Cl2N2S.ClH/c16-8-1-2-11-10(7-8)9-5-6-18-15(14(9)19-11)12-3-4-13(17)20-12;/h1-4,7,15,18-19H,5-6H2;1H. The largest absolute Gasteiger partial charge is 0.357 e. The van der Waals surface area contributed by atoms with Crippen LogP contribution in [0.3, 0.4) is 0 Å². The minimum Gasteiger partial charge on any atom is -0.357 e. The van der Waals surface area contributed by atoms with Gasteiger partial charge in [0.1, 0.15) is 0 Å². The molecule has 0 amide bonds. The lowest BCUT2D eigenvalue weighted by Gasteiger charge is -2.23. The van der Waals surface area contributed by atoms with Gasteiger partial charge in [-0.15, -0.1) is 23.7 Å². The summed E-state index contributed by atoms with van der Waals surface area (Å²) in [6.07, 6.45) is 1.02. The third-order valence-corrected chi connectivity index (χ3v) is 5.32. The summed E-state index contributed by atoms with van der Waals surface area (Å²) in [5.41, 5.74) is 3.76. The number of nitrogens with one attached hydrogen (secondary N) is 2. The number of rotatable bonds is 1. The Hall–Kier alpha value is -0.710. The van der Waals surface area contributed by atoms with Crippen molar-refractivity contribution in [3.05, 3.63) is 55.8 Å². The summed E-state index contributed by atoms with van der Waals surface area (Å²) in [6.45, 7) is 0.965. The molecule has 110 valence electrons. The molecule has 0 spiro atoms. The highest BCUT2D eigenvalue weighted by Crippen LogP contribution is 2.37. The van der Waals surface area contributed by atoms with Gasteiger partial charge in [-0.3, -0.25) is 0 Å². The van der Waals surface area contributed by atoms with Crippen LogP contribution in [0.5, 0.6) is 0 Å². The van der Waals surface area contributed by atoms with Crippen molar-refractivity contribution in [3.63, 3.8) is 0 Å². The molecule has 2 nitrogen and oxygen atoms in total. The van der Waals surface area contributed by atoms with Crippen LogP contribution in [0.4, 0.5) is 0 Å². The van der Waals surface area contributed by atoms with Crippen LogP contribution in [-0.2, 0) is 6.42 Å². The Morgan fingerprint density at radius 2 is 2.00 bits per heavy atom. The van der Waals surface area contributed by atoms with Crippen LogP contribution in [0.25, 0.3) is 10.9 Å². The van der Waals surface area contributed by atoms with Gasteiger partial charge in [-0.1, -0.05) is 23.2 Å². The zero-order valence-corrected chi connectivity index (χ0v) is 14.1. The summed E-state index contributed by atoms with van der Waals surface area (Å²) >= 11 is 13.8. The molecule has 0 saturated carbocycles. The SMILES string of the molecule is Cl.Clc1ccc2[nH]c3c(c2c1)CCNC3c1ccc(Cl)s1. The minimum atomic E-state index is 0.